The van der Waals surface area contributed by atoms with Crippen molar-refractivity contribution in [3.05, 3.63) is 23.3 Å². The second-order valence-electron chi connectivity index (χ2n) is 5.06. The summed E-state index contributed by atoms with van der Waals surface area (Å²) in [6.45, 7) is 4.32. The molecule has 0 bridgehead atoms. The van der Waals surface area contributed by atoms with Gasteiger partial charge in [-0.25, -0.2) is 0 Å². The number of methoxy groups -OCH3 is 2. The van der Waals surface area contributed by atoms with Gasteiger partial charge >= 0.3 is 0 Å². The molecular formula is C15H26O2. The van der Waals surface area contributed by atoms with E-state index in [1.807, 2.05) is 0 Å². The first-order valence-corrected chi connectivity index (χ1v) is 6.54. The summed E-state index contributed by atoms with van der Waals surface area (Å²) in [5, 5.41) is 0. The number of ether oxygens (including phenoxy) is 2. The van der Waals surface area contributed by atoms with Gasteiger partial charge in [-0.2, -0.15) is 0 Å². The molecule has 0 saturated heterocycles. The lowest BCUT2D eigenvalue weighted by atomic mass is 9.87. The van der Waals surface area contributed by atoms with Crippen LogP contribution in [0.15, 0.2) is 23.3 Å². The van der Waals surface area contributed by atoms with Crippen molar-refractivity contribution in [2.75, 3.05) is 14.2 Å². The second kappa shape index (κ2) is 7.67. The third kappa shape index (κ3) is 5.05. The van der Waals surface area contributed by atoms with Crippen molar-refractivity contribution in [1.29, 1.82) is 0 Å². The molecule has 2 nitrogen and oxygen atoms in total. The molecule has 0 aromatic carbocycles. The van der Waals surface area contributed by atoms with Gasteiger partial charge in [-0.3, -0.25) is 0 Å². The maximum Gasteiger partial charge on any atom is 0.159 e. The maximum absolute atomic E-state index is 5.33. The van der Waals surface area contributed by atoms with E-state index in [4.69, 9.17) is 9.47 Å². The molecule has 1 aliphatic carbocycles. The minimum atomic E-state index is -0.0365. The summed E-state index contributed by atoms with van der Waals surface area (Å²) in [6, 6.07) is 0. The van der Waals surface area contributed by atoms with E-state index in [0.717, 1.165) is 6.42 Å². The highest BCUT2D eigenvalue weighted by Gasteiger charge is 2.22. The minimum Gasteiger partial charge on any atom is -0.356 e. The number of hydrogen-bond acceptors (Lipinski definition) is 2. The lowest BCUT2D eigenvalue weighted by Crippen LogP contribution is -2.26. The summed E-state index contributed by atoms with van der Waals surface area (Å²) < 4.78 is 10.7. The zero-order chi connectivity index (χ0) is 12.7. The van der Waals surface area contributed by atoms with Crippen LogP contribution in [-0.2, 0) is 9.47 Å². The molecule has 0 N–H and O–H groups in total. The van der Waals surface area contributed by atoms with E-state index in [2.05, 4.69) is 26.0 Å². The molecule has 2 heteroatoms. The molecule has 1 rings (SSSR count). The van der Waals surface area contributed by atoms with Gasteiger partial charge in [-0.1, -0.05) is 23.3 Å². The predicted octanol–water partition coefficient (Wildman–Crippen LogP) is 4.08. The van der Waals surface area contributed by atoms with E-state index in [-0.39, 0.29) is 6.29 Å². The molecule has 0 spiro atoms. The molecule has 0 aliphatic heterocycles. The van der Waals surface area contributed by atoms with Crippen molar-refractivity contribution in [1.82, 2.24) is 0 Å². The van der Waals surface area contributed by atoms with E-state index in [1.165, 1.54) is 31.3 Å². The van der Waals surface area contributed by atoms with Crippen LogP contribution in [0.2, 0.25) is 0 Å². The molecule has 0 aromatic rings. The minimum absolute atomic E-state index is 0.0365. The summed E-state index contributed by atoms with van der Waals surface area (Å²) >= 11 is 0. The highest BCUT2D eigenvalue weighted by molar-refractivity contribution is 5.08. The number of allylic oxidation sites excluding steroid dienone is 4. The fraction of sp³-hybridized carbons (Fsp3) is 0.733. The Balaban J connectivity index is 2.36. The first-order chi connectivity index (χ1) is 8.17. The quantitative estimate of drug-likeness (QED) is 0.513. The Kier molecular flexibility index (Phi) is 6.53. The summed E-state index contributed by atoms with van der Waals surface area (Å²) in [6.07, 6.45) is 10.5. The SMILES string of the molecule is COC(OC)C1CC=C(CCC=C(C)C)CC1. The largest absolute Gasteiger partial charge is 0.356 e. The summed E-state index contributed by atoms with van der Waals surface area (Å²) in [4.78, 5) is 0. The first kappa shape index (κ1) is 14.5. The first-order valence-electron chi connectivity index (χ1n) is 6.54. The van der Waals surface area contributed by atoms with Gasteiger partial charge in [-0.05, 0) is 46.0 Å². The molecule has 0 aromatic heterocycles. The topological polar surface area (TPSA) is 18.5 Å². The van der Waals surface area contributed by atoms with Crippen LogP contribution in [0.3, 0.4) is 0 Å². The highest BCUT2D eigenvalue weighted by atomic mass is 16.7. The van der Waals surface area contributed by atoms with E-state index < -0.39 is 0 Å². The molecule has 98 valence electrons. The van der Waals surface area contributed by atoms with E-state index in [1.54, 1.807) is 19.8 Å². The molecule has 1 unspecified atom stereocenters. The molecule has 1 atom stereocenters. The smallest absolute Gasteiger partial charge is 0.159 e. The lowest BCUT2D eigenvalue weighted by Gasteiger charge is -2.27. The number of rotatable bonds is 6. The lowest BCUT2D eigenvalue weighted by molar-refractivity contribution is -0.138. The van der Waals surface area contributed by atoms with Crippen LogP contribution in [-0.4, -0.2) is 20.5 Å². The predicted molar refractivity (Wildman–Crippen MR) is 71.9 cm³/mol. The summed E-state index contributed by atoms with van der Waals surface area (Å²) in [5.74, 6) is 0.525. The maximum atomic E-state index is 5.33. The van der Waals surface area contributed by atoms with Crippen LogP contribution in [0.25, 0.3) is 0 Å². The van der Waals surface area contributed by atoms with Crippen molar-refractivity contribution in [2.24, 2.45) is 5.92 Å². The van der Waals surface area contributed by atoms with Crippen LogP contribution in [0, 0.1) is 5.92 Å². The van der Waals surface area contributed by atoms with Crippen LogP contribution in [0.5, 0.6) is 0 Å². The monoisotopic (exact) mass is 238 g/mol. The molecule has 0 saturated carbocycles. The normalized spacial score (nSPS) is 20.3. The zero-order valence-electron chi connectivity index (χ0n) is 11.7. The third-order valence-corrected chi connectivity index (χ3v) is 3.41. The van der Waals surface area contributed by atoms with Gasteiger partial charge < -0.3 is 9.47 Å². The van der Waals surface area contributed by atoms with Crippen LogP contribution in [0.1, 0.15) is 46.0 Å². The van der Waals surface area contributed by atoms with Crippen molar-refractivity contribution >= 4 is 0 Å². The zero-order valence-corrected chi connectivity index (χ0v) is 11.7. The Labute approximate surface area is 106 Å². The average molecular weight is 238 g/mol. The Morgan fingerprint density at radius 3 is 2.59 bits per heavy atom. The van der Waals surface area contributed by atoms with Crippen LogP contribution < -0.4 is 0 Å². The van der Waals surface area contributed by atoms with E-state index in [9.17, 15) is 0 Å². The summed E-state index contributed by atoms with van der Waals surface area (Å²) in [5.41, 5.74) is 3.02. The van der Waals surface area contributed by atoms with Gasteiger partial charge in [0.05, 0.1) is 0 Å². The molecule has 0 fully saturated rings. The Morgan fingerprint density at radius 1 is 1.41 bits per heavy atom. The van der Waals surface area contributed by atoms with Gasteiger partial charge in [0.25, 0.3) is 0 Å². The van der Waals surface area contributed by atoms with Gasteiger partial charge in [0.1, 0.15) is 0 Å². The Morgan fingerprint density at radius 2 is 2.12 bits per heavy atom. The fourth-order valence-corrected chi connectivity index (χ4v) is 2.41. The molecular weight excluding hydrogens is 212 g/mol. The number of hydrogen-bond donors (Lipinski definition) is 0. The molecule has 1 aliphatic rings. The Hall–Kier alpha value is -0.600. The molecule has 0 amide bonds. The van der Waals surface area contributed by atoms with Gasteiger partial charge in [0.15, 0.2) is 6.29 Å². The third-order valence-electron chi connectivity index (χ3n) is 3.41. The van der Waals surface area contributed by atoms with E-state index >= 15 is 0 Å². The van der Waals surface area contributed by atoms with E-state index in [0.29, 0.717) is 5.92 Å². The van der Waals surface area contributed by atoms with Gasteiger partial charge in [0, 0.05) is 20.1 Å². The molecule has 0 radical (unpaired) electrons. The van der Waals surface area contributed by atoms with Crippen molar-refractivity contribution in [3.63, 3.8) is 0 Å². The Bertz CT molecular complexity index is 271. The second-order valence-corrected chi connectivity index (χ2v) is 5.06. The van der Waals surface area contributed by atoms with Gasteiger partial charge in [0.2, 0.25) is 0 Å². The standard InChI is InChI=1S/C15H26O2/c1-12(2)6-5-7-13-8-10-14(11-9-13)15(16-3)17-4/h6,8,14-15H,5,7,9-11H2,1-4H3. The van der Waals surface area contributed by atoms with Crippen molar-refractivity contribution < 1.29 is 9.47 Å². The molecule has 17 heavy (non-hydrogen) atoms. The average Bonchev–Trinajstić information content (AvgIpc) is 2.32. The van der Waals surface area contributed by atoms with Crippen LogP contribution in [0.4, 0.5) is 0 Å². The van der Waals surface area contributed by atoms with Crippen molar-refractivity contribution in [2.45, 2.75) is 52.2 Å². The molecule has 0 heterocycles. The van der Waals surface area contributed by atoms with Crippen molar-refractivity contribution in [3.8, 4) is 0 Å². The summed E-state index contributed by atoms with van der Waals surface area (Å²) in [7, 11) is 3.45. The highest BCUT2D eigenvalue weighted by Crippen LogP contribution is 2.29. The van der Waals surface area contributed by atoms with Gasteiger partial charge in [-0.15, -0.1) is 0 Å². The van der Waals surface area contributed by atoms with Crippen LogP contribution >= 0.6 is 0 Å². The fourth-order valence-electron chi connectivity index (χ4n) is 2.41.